The molecule has 4 aromatic rings. The van der Waals surface area contributed by atoms with Gasteiger partial charge in [0, 0.05) is 10.7 Å². The van der Waals surface area contributed by atoms with Crippen molar-refractivity contribution in [2.24, 2.45) is 0 Å². The summed E-state index contributed by atoms with van der Waals surface area (Å²) in [6, 6.07) is 19.6. The molecule has 0 aliphatic carbocycles. The number of aryl methyl sites for hydroxylation is 1. The maximum atomic E-state index is 13.3. The molecular weight excluding hydrogens is 446 g/mol. The summed E-state index contributed by atoms with van der Waals surface area (Å²) in [5.74, 6) is 0.539. The summed E-state index contributed by atoms with van der Waals surface area (Å²) in [5.41, 5.74) is 2.58. The van der Waals surface area contributed by atoms with Gasteiger partial charge in [0.25, 0.3) is 5.56 Å². The summed E-state index contributed by atoms with van der Waals surface area (Å²) in [6.45, 7) is 1.89. The minimum atomic E-state index is -0.218. The minimum Gasteiger partial charge on any atom is -0.497 e. The number of aromatic nitrogens is 2. The van der Waals surface area contributed by atoms with E-state index >= 15 is 0 Å². The zero-order valence-electron chi connectivity index (χ0n) is 17.5. The lowest BCUT2D eigenvalue weighted by atomic mass is 10.2. The van der Waals surface area contributed by atoms with Gasteiger partial charge < -0.3 is 10.1 Å². The Labute approximate surface area is 194 Å². The molecule has 8 heteroatoms. The van der Waals surface area contributed by atoms with Crippen LogP contribution in [-0.4, -0.2) is 28.3 Å². The van der Waals surface area contributed by atoms with Crippen molar-refractivity contribution in [3.05, 3.63) is 87.7 Å². The molecule has 1 amide bonds. The van der Waals surface area contributed by atoms with Crippen LogP contribution in [0.15, 0.2) is 76.7 Å². The zero-order chi connectivity index (χ0) is 22.7. The average molecular weight is 466 g/mol. The fourth-order valence-electron chi connectivity index (χ4n) is 3.21. The number of carbonyl (C=O) groups excluding carboxylic acids is 1. The Kier molecular flexibility index (Phi) is 6.48. The van der Waals surface area contributed by atoms with Gasteiger partial charge in [-0.1, -0.05) is 41.6 Å². The van der Waals surface area contributed by atoms with Crippen LogP contribution in [0.25, 0.3) is 16.6 Å². The quantitative estimate of drug-likeness (QED) is 0.317. The van der Waals surface area contributed by atoms with Gasteiger partial charge in [-0.2, -0.15) is 0 Å². The zero-order valence-corrected chi connectivity index (χ0v) is 19.0. The molecule has 0 spiro atoms. The highest BCUT2D eigenvalue weighted by Crippen LogP contribution is 2.24. The Morgan fingerprint density at radius 1 is 1.12 bits per heavy atom. The molecule has 32 heavy (non-hydrogen) atoms. The van der Waals surface area contributed by atoms with E-state index in [-0.39, 0.29) is 17.2 Å². The van der Waals surface area contributed by atoms with Crippen molar-refractivity contribution in [2.75, 3.05) is 18.2 Å². The number of nitrogens with zero attached hydrogens (tertiary/aromatic N) is 2. The molecule has 0 unspecified atom stereocenters. The number of benzene rings is 3. The molecule has 0 atom stereocenters. The molecular formula is C24H20ClN3O3S. The topological polar surface area (TPSA) is 73.2 Å². The fraction of sp³-hybridized carbons (Fsp3) is 0.125. The molecule has 0 radical (unpaired) electrons. The van der Waals surface area contributed by atoms with Crippen LogP contribution in [0.2, 0.25) is 5.02 Å². The number of fused-ring (bicyclic) bond motifs is 1. The minimum absolute atomic E-state index is 0.0763. The van der Waals surface area contributed by atoms with Gasteiger partial charge in [0.15, 0.2) is 5.16 Å². The number of ether oxygens (including phenoxy) is 1. The lowest BCUT2D eigenvalue weighted by Gasteiger charge is -2.14. The van der Waals surface area contributed by atoms with Crippen LogP contribution in [0, 0.1) is 6.92 Å². The number of carbonyl (C=O) groups is 1. The summed E-state index contributed by atoms with van der Waals surface area (Å²) in [6.07, 6.45) is 0. The Morgan fingerprint density at radius 3 is 2.62 bits per heavy atom. The van der Waals surface area contributed by atoms with E-state index in [1.54, 1.807) is 61.7 Å². The maximum Gasteiger partial charge on any atom is 0.266 e. The first-order valence-electron chi connectivity index (χ1n) is 9.81. The molecule has 0 aliphatic rings. The van der Waals surface area contributed by atoms with Crippen molar-refractivity contribution in [2.45, 2.75) is 12.1 Å². The van der Waals surface area contributed by atoms with Gasteiger partial charge in [0.2, 0.25) is 5.91 Å². The van der Waals surface area contributed by atoms with Crippen molar-refractivity contribution in [1.82, 2.24) is 9.55 Å². The Balaban J connectivity index is 1.67. The van der Waals surface area contributed by atoms with Crippen LogP contribution in [0.5, 0.6) is 5.75 Å². The maximum absolute atomic E-state index is 13.3. The van der Waals surface area contributed by atoms with Crippen LogP contribution in [0.3, 0.4) is 0 Å². The highest BCUT2D eigenvalue weighted by atomic mass is 35.5. The molecule has 1 heterocycles. The summed E-state index contributed by atoms with van der Waals surface area (Å²) in [4.78, 5) is 30.6. The molecule has 0 saturated carbocycles. The second kappa shape index (κ2) is 9.46. The van der Waals surface area contributed by atoms with Crippen molar-refractivity contribution < 1.29 is 9.53 Å². The lowest BCUT2D eigenvalue weighted by Crippen LogP contribution is -2.23. The third-order valence-electron chi connectivity index (χ3n) is 4.88. The van der Waals surface area contributed by atoms with Crippen LogP contribution >= 0.6 is 23.4 Å². The van der Waals surface area contributed by atoms with Gasteiger partial charge in [0.05, 0.1) is 29.5 Å². The van der Waals surface area contributed by atoms with Gasteiger partial charge in [-0.3, -0.25) is 14.2 Å². The van der Waals surface area contributed by atoms with E-state index in [0.717, 1.165) is 5.56 Å². The predicted octanol–water partition coefficient (Wildman–Crippen LogP) is 5.09. The number of nitrogens with one attached hydrogen (secondary N) is 1. The van der Waals surface area contributed by atoms with Crippen LogP contribution < -0.4 is 15.6 Å². The van der Waals surface area contributed by atoms with Crippen LogP contribution in [0.4, 0.5) is 5.69 Å². The summed E-state index contributed by atoms with van der Waals surface area (Å²) in [7, 11) is 1.58. The van der Waals surface area contributed by atoms with Gasteiger partial charge in [0.1, 0.15) is 5.75 Å². The molecule has 3 aromatic carbocycles. The average Bonchev–Trinajstić information content (AvgIpc) is 2.80. The first-order valence-corrected chi connectivity index (χ1v) is 11.2. The Morgan fingerprint density at radius 2 is 1.88 bits per heavy atom. The number of hydrogen-bond donors (Lipinski definition) is 1. The second-order valence-electron chi connectivity index (χ2n) is 7.05. The van der Waals surface area contributed by atoms with Gasteiger partial charge in [-0.15, -0.1) is 0 Å². The predicted molar refractivity (Wildman–Crippen MR) is 129 cm³/mol. The van der Waals surface area contributed by atoms with E-state index < -0.39 is 0 Å². The number of rotatable bonds is 6. The van der Waals surface area contributed by atoms with Gasteiger partial charge >= 0.3 is 0 Å². The Hall–Kier alpha value is -3.29. The highest BCUT2D eigenvalue weighted by Gasteiger charge is 2.15. The number of halogens is 1. The van der Waals surface area contributed by atoms with E-state index in [2.05, 4.69) is 10.3 Å². The fourth-order valence-corrected chi connectivity index (χ4v) is 4.20. The molecule has 0 bridgehead atoms. The lowest BCUT2D eigenvalue weighted by molar-refractivity contribution is -0.113. The first kappa shape index (κ1) is 21.9. The van der Waals surface area contributed by atoms with Crippen molar-refractivity contribution in [3.8, 4) is 11.4 Å². The van der Waals surface area contributed by atoms with Gasteiger partial charge in [-0.05, 0) is 61.0 Å². The normalized spacial score (nSPS) is 10.8. The van der Waals surface area contributed by atoms with E-state index in [1.807, 2.05) is 19.1 Å². The van der Waals surface area contributed by atoms with E-state index in [9.17, 15) is 9.59 Å². The third-order valence-corrected chi connectivity index (χ3v) is 6.06. The van der Waals surface area contributed by atoms with Gasteiger partial charge in [-0.25, -0.2) is 4.98 Å². The summed E-state index contributed by atoms with van der Waals surface area (Å²) < 4.78 is 6.74. The molecule has 1 aromatic heterocycles. The number of methoxy groups -OCH3 is 1. The molecule has 162 valence electrons. The molecule has 0 fully saturated rings. The van der Waals surface area contributed by atoms with Crippen molar-refractivity contribution in [3.63, 3.8) is 0 Å². The Bertz CT molecular complexity index is 1350. The van der Waals surface area contributed by atoms with Crippen molar-refractivity contribution >= 4 is 45.9 Å². The molecule has 1 N–H and O–H groups in total. The SMILES string of the molecule is COc1ccc(-n2c(SCC(=O)Nc3cc(Cl)ccc3C)nc3ccccc3c2=O)cc1. The molecule has 0 saturated heterocycles. The highest BCUT2D eigenvalue weighted by molar-refractivity contribution is 7.99. The smallest absolute Gasteiger partial charge is 0.266 e. The van der Waals surface area contributed by atoms with E-state index in [1.165, 1.54) is 16.3 Å². The monoisotopic (exact) mass is 465 g/mol. The second-order valence-corrected chi connectivity index (χ2v) is 8.43. The molecule has 6 nitrogen and oxygen atoms in total. The summed E-state index contributed by atoms with van der Waals surface area (Å²) >= 11 is 7.24. The summed E-state index contributed by atoms with van der Waals surface area (Å²) in [5, 5.41) is 4.35. The number of anilines is 1. The van der Waals surface area contributed by atoms with Crippen molar-refractivity contribution in [1.29, 1.82) is 0 Å². The largest absolute Gasteiger partial charge is 0.497 e. The molecule has 4 rings (SSSR count). The number of thioether (sulfide) groups is 1. The first-order chi connectivity index (χ1) is 15.5. The van der Waals surface area contributed by atoms with Crippen LogP contribution in [-0.2, 0) is 4.79 Å². The van der Waals surface area contributed by atoms with E-state index in [4.69, 9.17) is 16.3 Å². The van der Waals surface area contributed by atoms with Crippen LogP contribution in [0.1, 0.15) is 5.56 Å². The third kappa shape index (κ3) is 4.64. The van der Waals surface area contributed by atoms with E-state index in [0.29, 0.717) is 38.2 Å². The number of amides is 1. The standard InChI is InChI=1S/C24H20ClN3O3S/c1-15-7-8-16(25)13-21(15)26-22(29)14-32-24-27-20-6-4-3-5-19(20)23(30)28(24)17-9-11-18(31-2)12-10-17/h3-13H,14H2,1-2H3,(H,26,29). The number of para-hydroxylation sites is 1. The number of hydrogen-bond acceptors (Lipinski definition) is 5. The molecule has 0 aliphatic heterocycles.